The van der Waals surface area contributed by atoms with Crippen LogP contribution in [0.4, 0.5) is 4.39 Å². The van der Waals surface area contributed by atoms with Crippen LogP contribution in [0.3, 0.4) is 0 Å². The average molecular weight is 322 g/mol. The van der Waals surface area contributed by atoms with Gasteiger partial charge >= 0.3 is 0 Å². The quantitative estimate of drug-likeness (QED) is 0.923. The molecule has 8 heteroatoms. The van der Waals surface area contributed by atoms with Crippen LogP contribution in [0.25, 0.3) is 11.0 Å². The van der Waals surface area contributed by atoms with Gasteiger partial charge in [0.15, 0.2) is 0 Å². The van der Waals surface area contributed by atoms with Crippen molar-refractivity contribution in [1.29, 1.82) is 0 Å². The predicted molar refractivity (Wildman–Crippen MR) is 80.6 cm³/mol. The lowest BCUT2D eigenvalue weighted by Crippen LogP contribution is -2.55. The van der Waals surface area contributed by atoms with Gasteiger partial charge < -0.3 is 14.4 Å². The van der Waals surface area contributed by atoms with Crippen molar-refractivity contribution in [3.63, 3.8) is 0 Å². The standard InChI is InChI=1S/C15H19FN4O3/c1-15(2)8-20(6-10(23-15)7-22-3)14(21)11-4-9(16)5-12-13(11)18-19-17-12/h4-5,10H,6-8H2,1-3H3,(H,17,18,19)/t10-/m1/s1. The maximum absolute atomic E-state index is 13.8. The number of nitrogens with zero attached hydrogens (tertiary/aromatic N) is 3. The van der Waals surface area contributed by atoms with Crippen LogP contribution in [0.15, 0.2) is 12.1 Å². The number of rotatable bonds is 3. The number of aromatic nitrogens is 3. The van der Waals surface area contributed by atoms with Crippen molar-refractivity contribution >= 4 is 16.9 Å². The molecule has 1 N–H and O–H groups in total. The summed E-state index contributed by atoms with van der Waals surface area (Å²) in [4.78, 5) is 14.5. The molecule has 1 aliphatic rings. The summed E-state index contributed by atoms with van der Waals surface area (Å²) < 4.78 is 24.8. The third-order valence-corrected chi connectivity index (χ3v) is 3.74. The third-order valence-electron chi connectivity index (χ3n) is 3.74. The van der Waals surface area contributed by atoms with Crippen molar-refractivity contribution in [2.75, 3.05) is 26.8 Å². The Balaban J connectivity index is 1.93. The van der Waals surface area contributed by atoms with E-state index in [1.54, 1.807) is 12.0 Å². The minimum atomic E-state index is -0.518. The number of hydrogen-bond donors (Lipinski definition) is 1. The van der Waals surface area contributed by atoms with Crippen LogP contribution in [0.2, 0.25) is 0 Å². The van der Waals surface area contributed by atoms with Crippen molar-refractivity contribution < 1.29 is 18.7 Å². The van der Waals surface area contributed by atoms with Crippen LogP contribution in [-0.2, 0) is 9.47 Å². The highest BCUT2D eigenvalue weighted by molar-refractivity contribution is 6.04. The molecule has 0 bridgehead atoms. The number of ether oxygens (including phenoxy) is 2. The Labute approximate surface area is 132 Å². The van der Waals surface area contributed by atoms with E-state index < -0.39 is 11.4 Å². The van der Waals surface area contributed by atoms with Crippen molar-refractivity contribution in [3.05, 3.63) is 23.5 Å². The van der Waals surface area contributed by atoms with Crippen LogP contribution < -0.4 is 0 Å². The molecule has 1 aliphatic heterocycles. The normalized spacial score (nSPS) is 20.9. The number of methoxy groups -OCH3 is 1. The number of carbonyl (C=O) groups excluding carboxylic acids is 1. The molecule has 0 unspecified atom stereocenters. The molecule has 3 rings (SSSR count). The van der Waals surface area contributed by atoms with Gasteiger partial charge in [-0.1, -0.05) is 0 Å². The van der Waals surface area contributed by atoms with Crippen molar-refractivity contribution in [1.82, 2.24) is 20.3 Å². The number of aromatic amines is 1. The summed E-state index contributed by atoms with van der Waals surface area (Å²) in [5.74, 6) is -0.809. The second-order valence-corrected chi connectivity index (χ2v) is 6.29. The smallest absolute Gasteiger partial charge is 0.256 e. The van der Waals surface area contributed by atoms with Crippen LogP contribution in [0, 0.1) is 5.82 Å². The highest BCUT2D eigenvalue weighted by Gasteiger charge is 2.36. The zero-order valence-corrected chi connectivity index (χ0v) is 13.3. The molecule has 2 aromatic rings. The summed E-state index contributed by atoms with van der Waals surface area (Å²) in [5, 5.41) is 10.2. The number of amides is 1. The van der Waals surface area contributed by atoms with E-state index in [1.807, 2.05) is 13.8 Å². The fraction of sp³-hybridized carbons (Fsp3) is 0.533. The molecule has 0 radical (unpaired) electrons. The summed E-state index contributed by atoms with van der Waals surface area (Å²) in [6, 6.07) is 2.44. The van der Waals surface area contributed by atoms with E-state index in [1.165, 1.54) is 12.1 Å². The number of carbonyl (C=O) groups is 1. The van der Waals surface area contributed by atoms with E-state index in [0.717, 1.165) is 0 Å². The van der Waals surface area contributed by atoms with Gasteiger partial charge in [-0.3, -0.25) is 4.79 Å². The lowest BCUT2D eigenvalue weighted by Gasteiger charge is -2.42. The Morgan fingerprint density at radius 3 is 3.04 bits per heavy atom. The molecule has 7 nitrogen and oxygen atoms in total. The fourth-order valence-electron chi connectivity index (χ4n) is 2.97. The summed E-state index contributed by atoms with van der Waals surface area (Å²) >= 11 is 0. The van der Waals surface area contributed by atoms with E-state index in [2.05, 4.69) is 15.4 Å². The molecular formula is C15H19FN4O3. The monoisotopic (exact) mass is 322 g/mol. The van der Waals surface area contributed by atoms with Gasteiger partial charge in [-0.2, -0.15) is 15.4 Å². The SMILES string of the molecule is COC[C@H]1CN(C(=O)c2cc(F)cc3n[nH]nc23)CC(C)(C)O1. The molecule has 1 aromatic heterocycles. The van der Waals surface area contributed by atoms with Gasteiger partial charge in [-0.15, -0.1) is 0 Å². The zero-order chi connectivity index (χ0) is 16.6. The van der Waals surface area contributed by atoms with Gasteiger partial charge in [0, 0.05) is 26.3 Å². The number of H-pyrrole nitrogens is 1. The van der Waals surface area contributed by atoms with Crippen LogP contribution in [0.5, 0.6) is 0 Å². The van der Waals surface area contributed by atoms with E-state index in [4.69, 9.17) is 9.47 Å². The number of nitrogens with one attached hydrogen (secondary N) is 1. The lowest BCUT2D eigenvalue weighted by molar-refractivity contribution is -0.143. The zero-order valence-electron chi connectivity index (χ0n) is 13.3. The highest BCUT2D eigenvalue weighted by Crippen LogP contribution is 2.25. The largest absolute Gasteiger partial charge is 0.382 e. The molecule has 1 fully saturated rings. The van der Waals surface area contributed by atoms with Gasteiger partial charge in [0.05, 0.1) is 23.9 Å². The number of halogens is 1. The first-order valence-electron chi connectivity index (χ1n) is 7.36. The van der Waals surface area contributed by atoms with Crippen molar-refractivity contribution in [3.8, 4) is 0 Å². The number of benzene rings is 1. The van der Waals surface area contributed by atoms with E-state index >= 15 is 0 Å². The Hall–Kier alpha value is -2.06. The minimum absolute atomic E-state index is 0.197. The molecule has 1 saturated heterocycles. The topological polar surface area (TPSA) is 80.3 Å². The third kappa shape index (κ3) is 3.18. The minimum Gasteiger partial charge on any atom is -0.382 e. The molecule has 0 saturated carbocycles. The van der Waals surface area contributed by atoms with Crippen molar-refractivity contribution in [2.45, 2.75) is 25.6 Å². The van der Waals surface area contributed by atoms with Crippen molar-refractivity contribution in [2.24, 2.45) is 0 Å². The Kier molecular flexibility index (Phi) is 4.03. The average Bonchev–Trinajstić information content (AvgIpc) is 2.92. The summed E-state index contributed by atoms with van der Waals surface area (Å²) in [6.07, 6.45) is -0.228. The molecule has 23 heavy (non-hydrogen) atoms. The molecule has 124 valence electrons. The molecule has 1 atom stereocenters. The van der Waals surface area contributed by atoms with Crippen LogP contribution in [-0.4, -0.2) is 64.7 Å². The van der Waals surface area contributed by atoms with E-state index in [9.17, 15) is 9.18 Å². The molecule has 1 aromatic carbocycles. The van der Waals surface area contributed by atoms with Gasteiger partial charge in [0.25, 0.3) is 5.91 Å². The lowest BCUT2D eigenvalue weighted by atomic mass is 10.0. The maximum Gasteiger partial charge on any atom is 0.256 e. The Morgan fingerprint density at radius 2 is 2.30 bits per heavy atom. The molecular weight excluding hydrogens is 303 g/mol. The first kappa shape index (κ1) is 15.8. The van der Waals surface area contributed by atoms with Gasteiger partial charge in [-0.05, 0) is 19.9 Å². The molecule has 0 spiro atoms. The van der Waals surface area contributed by atoms with Crippen LogP contribution in [0.1, 0.15) is 24.2 Å². The molecule has 0 aliphatic carbocycles. The maximum atomic E-state index is 13.8. The first-order chi connectivity index (χ1) is 10.9. The highest BCUT2D eigenvalue weighted by atomic mass is 19.1. The number of hydrogen-bond acceptors (Lipinski definition) is 5. The first-order valence-corrected chi connectivity index (χ1v) is 7.36. The van der Waals surface area contributed by atoms with Gasteiger partial charge in [0.2, 0.25) is 0 Å². The molecule has 1 amide bonds. The van der Waals surface area contributed by atoms with E-state index in [-0.39, 0.29) is 17.6 Å². The summed E-state index contributed by atoms with van der Waals surface area (Å²) in [7, 11) is 1.59. The number of fused-ring (bicyclic) bond motifs is 1. The van der Waals surface area contributed by atoms with E-state index in [0.29, 0.717) is 30.7 Å². The fourth-order valence-corrected chi connectivity index (χ4v) is 2.97. The van der Waals surface area contributed by atoms with Gasteiger partial charge in [0.1, 0.15) is 16.9 Å². The molecule has 2 heterocycles. The number of morpholine rings is 1. The summed E-state index contributed by atoms with van der Waals surface area (Å²) in [6.45, 7) is 4.99. The predicted octanol–water partition coefficient (Wildman–Crippen LogP) is 1.36. The second kappa shape index (κ2) is 5.86. The Morgan fingerprint density at radius 1 is 1.52 bits per heavy atom. The Bertz CT molecular complexity index is 731. The van der Waals surface area contributed by atoms with Crippen LogP contribution >= 0.6 is 0 Å². The second-order valence-electron chi connectivity index (χ2n) is 6.29. The van der Waals surface area contributed by atoms with Gasteiger partial charge in [-0.25, -0.2) is 4.39 Å². The summed E-state index contributed by atoms with van der Waals surface area (Å²) in [5.41, 5.74) is 0.383.